The van der Waals surface area contributed by atoms with Gasteiger partial charge in [-0.1, -0.05) is 20.8 Å². The third-order valence-corrected chi connectivity index (χ3v) is 6.19. The molecule has 0 bridgehead atoms. The van der Waals surface area contributed by atoms with E-state index in [0.717, 1.165) is 29.9 Å². The number of hydrogen-bond acceptors (Lipinski definition) is 7. The lowest BCUT2D eigenvalue weighted by molar-refractivity contribution is 0.0733. The molecule has 0 spiro atoms. The Bertz CT molecular complexity index is 1190. The zero-order chi connectivity index (χ0) is 22.0. The van der Waals surface area contributed by atoms with Crippen molar-refractivity contribution < 1.29 is 9.21 Å². The van der Waals surface area contributed by atoms with Gasteiger partial charge in [-0.25, -0.2) is 19.9 Å². The van der Waals surface area contributed by atoms with Gasteiger partial charge in [0.1, 0.15) is 23.7 Å². The Hall–Kier alpha value is -3.03. The highest BCUT2D eigenvalue weighted by Crippen LogP contribution is 2.40. The molecule has 2 aliphatic rings. The van der Waals surface area contributed by atoms with Crippen molar-refractivity contribution in [3.05, 3.63) is 40.9 Å². The molecule has 1 aliphatic carbocycles. The molecule has 8 nitrogen and oxygen atoms in total. The molecule has 8 heteroatoms. The number of carbonyl (C=O) groups is 1. The molecular formula is C23H28N6O2. The maximum Gasteiger partial charge on any atom is 0.258 e. The number of hydrogen-bond donors (Lipinski definition) is 1. The van der Waals surface area contributed by atoms with Gasteiger partial charge in [0.15, 0.2) is 0 Å². The van der Waals surface area contributed by atoms with E-state index >= 15 is 0 Å². The molecule has 0 aromatic carbocycles. The van der Waals surface area contributed by atoms with Crippen LogP contribution in [0.4, 0.5) is 5.82 Å². The van der Waals surface area contributed by atoms with Crippen molar-refractivity contribution in [1.82, 2.24) is 24.8 Å². The first kappa shape index (κ1) is 19.9. The monoisotopic (exact) mass is 420 g/mol. The SMILES string of the molecule is Cc1oc2ncnc(NC3(C)CC3)c2c1C(=O)N1CCc2nc(C(C)(C)C)ncc2C1. The van der Waals surface area contributed by atoms with E-state index in [9.17, 15) is 4.79 Å². The summed E-state index contributed by atoms with van der Waals surface area (Å²) >= 11 is 0. The fourth-order valence-electron chi connectivity index (χ4n) is 4.00. The van der Waals surface area contributed by atoms with Gasteiger partial charge >= 0.3 is 0 Å². The maximum atomic E-state index is 13.6. The van der Waals surface area contributed by atoms with Crippen LogP contribution in [0.2, 0.25) is 0 Å². The summed E-state index contributed by atoms with van der Waals surface area (Å²) in [4.78, 5) is 33.5. The predicted octanol–water partition coefficient (Wildman–Crippen LogP) is 3.78. The van der Waals surface area contributed by atoms with Gasteiger partial charge < -0.3 is 14.6 Å². The molecule has 162 valence electrons. The lowest BCUT2D eigenvalue weighted by Gasteiger charge is -2.29. The molecule has 0 radical (unpaired) electrons. The third kappa shape index (κ3) is 3.54. The van der Waals surface area contributed by atoms with Gasteiger partial charge in [0.2, 0.25) is 5.71 Å². The van der Waals surface area contributed by atoms with Gasteiger partial charge in [-0.2, -0.15) is 0 Å². The summed E-state index contributed by atoms with van der Waals surface area (Å²) < 4.78 is 5.85. The Morgan fingerprint density at radius 3 is 2.71 bits per heavy atom. The fraction of sp³-hybridized carbons (Fsp3) is 0.522. The van der Waals surface area contributed by atoms with Crippen LogP contribution in [0.5, 0.6) is 0 Å². The number of carbonyl (C=O) groups excluding carboxylic acids is 1. The number of anilines is 1. The molecule has 0 unspecified atom stereocenters. The molecule has 0 atom stereocenters. The standard InChI is InChI=1S/C23H28N6O2/c1-13-16(17-18(28-23(5)7-8-23)25-12-26-19(17)31-13)20(30)29-9-6-15-14(11-29)10-24-21(27-15)22(2,3)4/h10,12H,6-9,11H2,1-5H3,(H,25,26,28). The summed E-state index contributed by atoms with van der Waals surface area (Å²) in [5.41, 5.74) is 2.94. The van der Waals surface area contributed by atoms with Crippen LogP contribution in [-0.4, -0.2) is 42.8 Å². The zero-order valence-corrected chi connectivity index (χ0v) is 18.7. The highest BCUT2D eigenvalue weighted by atomic mass is 16.3. The van der Waals surface area contributed by atoms with E-state index in [0.29, 0.717) is 47.8 Å². The molecule has 5 rings (SSSR count). The van der Waals surface area contributed by atoms with Crippen LogP contribution in [0.25, 0.3) is 11.1 Å². The first-order chi connectivity index (χ1) is 14.6. The van der Waals surface area contributed by atoms with E-state index in [4.69, 9.17) is 9.40 Å². The molecule has 1 aliphatic heterocycles. The van der Waals surface area contributed by atoms with Gasteiger partial charge in [-0.3, -0.25) is 4.79 Å². The average molecular weight is 421 g/mol. The Labute approximate surface area is 181 Å². The maximum absolute atomic E-state index is 13.6. The number of nitrogens with one attached hydrogen (secondary N) is 1. The molecule has 0 saturated heterocycles. The lowest BCUT2D eigenvalue weighted by atomic mass is 9.95. The largest absolute Gasteiger partial charge is 0.442 e. The molecule has 4 heterocycles. The predicted molar refractivity (Wildman–Crippen MR) is 117 cm³/mol. The minimum Gasteiger partial charge on any atom is -0.442 e. The molecular weight excluding hydrogens is 392 g/mol. The van der Waals surface area contributed by atoms with Gasteiger partial charge in [-0.15, -0.1) is 0 Å². The molecule has 31 heavy (non-hydrogen) atoms. The van der Waals surface area contributed by atoms with Crippen molar-refractivity contribution in [2.24, 2.45) is 0 Å². The van der Waals surface area contributed by atoms with Gasteiger partial charge in [0.05, 0.1) is 16.6 Å². The fourth-order valence-corrected chi connectivity index (χ4v) is 4.00. The second kappa shape index (κ2) is 6.73. The topological polar surface area (TPSA) is 97.0 Å². The highest BCUT2D eigenvalue weighted by Gasteiger charge is 2.39. The van der Waals surface area contributed by atoms with Crippen LogP contribution in [0.1, 0.15) is 73.7 Å². The van der Waals surface area contributed by atoms with Crippen LogP contribution in [0.15, 0.2) is 16.9 Å². The van der Waals surface area contributed by atoms with Crippen molar-refractivity contribution in [2.75, 3.05) is 11.9 Å². The van der Waals surface area contributed by atoms with Crippen LogP contribution in [0.3, 0.4) is 0 Å². The van der Waals surface area contributed by atoms with Crippen LogP contribution in [-0.2, 0) is 18.4 Å². The quantitative estimate of drug-likeness (QED) is 0.688. The zero-order valence-electron chi connectivity index (χ0n) is 18.7. The first-order valence-corrected chi connectivity index (χ1v) is 10.8. The number of aryl methyl sites for hydroxylation is 1. The Kier molecular flexibility index (Phi) is 4.32. The van der Waals surface area contributed by atoms with E-state index in [1.807, 2.05) is 18.0 Å². The van der Waals surface area contributed by atoms with Crippen molar-refractivity contribution in [1.29, 1.82) is 0 Å². The summed E-state index contributed by atoms with van der Waals surface area (Å²) in [6, 6.07) is 0. The molecule has 3 aromatic rings. The summed E-state index contributed by atoms with van der Waals surface area (Å²) in [5.74, 6) is 2.00. The van der Waals surface area contributed by atoms with E-state index in [1.54, 1.807) is 0 Å². The minimum absolute atomic E-state index is 0.0267. The second-order valence-corrected chi connectivity index (χ2v) is 10.0. The summed E-state index contributed by atoms with van der Waals surface area (Å²) in [7, 11) is 0. The smallest absolute Gasteiger partial charge is 0.258 e. The number of amides is 1. The normalized spacial score (nSPS) is 17.5. The Morgan fingerprint density at radius 2 is 2.00 bits per heavy atom. The van der Waals surface area contributed by atoms with Crippen molar-refractivity contribution in [3.8, 4) is 0 Å². The summed E-state index contributed by atoms with van der Waals surface area (Å²) in [6.45, 7) is 11.4. The Morgan fingerprint density at radius 1 is 1.23 bits per heavy atom. The number of nitrogens with zero attached hydrogens (tertiary/aromatic N) is 5. The Balaban J connectivity index is 1.48. The van der Waals surface area contributed by atoms with Crippen molar-refractivity contribution in [3.63, 3.8) is 0 Å². The van der Waals surface area contributed by atoms with E-state index < -0.39 is 0 Å². The molecule has 1 N–H and O–H groups in total. The average Bonchev–Trinajstić information content (AvgIpc) is 3.34. The second-order valence-electron chi connectivity index (χ2n) is 10.0. The lowest BCUT2D eigenvalue weighted by Crippen LogP contribution is -2.37. The summed E-state index contributed by atoms with van der Waals surface area (Å²) in [5, 5.41) is 4.15. The van der Waals surface area contributed by atoms with Gasteiger partial charge in [0, 0.05) is 42.2 Å². The number of furan rings is 1. The van der Waals surface area contributed by atoms with E-state index in [2.05, 4.69) is 48.0 Å². The highest BCUT2D eigenvalue weighted by molar-refractivity contribution is 6.10. The van der Waals surface area contributed by atoms with Crippen LogP contribution >= 0.6 is 0 Å². The number of rotatable bonds is 3. The van der Waals surface area contributed by atoms with Crippen LogP contribution < -0.4 is 5.32 Å². The van der Waals surface area contributed by atoms with E-state index in [1.165, 1.54) is 6.33 Å². The summed E-state index contributed by atoms with van der Waals surface area (Å²) in [6.07, 6.45) is 6.22. The van der Waals surface area contributed by atoms with Gasteiger partial charge in [0.25, 0.3) is 5.91 Å². The van der Waals surface area contributed by atoms with Crippen molar-refractivity contribution in [2.45, 2.75) is 71.4 Å². The van der Waals surface area contributed by atoms with Crippen molar-refractivity contribution >= 4 is 22.8 Å². The van der Waals surface area contributed by atoms with E-state index in [-0.39, 0.29) is 16.9 Å². The number of aromatic nitrogens is 4. The molecule has 3 aromatic heterocycles. The minimum atomic E-state index is -0.101. The van der Waals surface area contributed by atoms with Crippen LogP contribution in [0, 0.1) is 6.92 Å². The molecule has 1 saturated carbocycles. The first-order valence-electron chi connectivity index (χ1n) is 10.8. The number of fused-ring (bicyclic) bond motifs is 2. The molecule has 1 amide bonds. The van der Waals surface area contributed by atoms with Gasteiger partial charge in [-0.05, 0) is 26.7 Å². The third-order valence-electron chi connectivity index (χ3n) is 6.19. The molecule has 1 fully saturated rings.